The van der Waals surface area contributed by atoms with Crippen LogP contribution in [0.5, 0.6) is 0 Å². The van der Waals surface area contributed by atoms with E-state index < -0.39 is 5.41 Å². The highest BCUT2D eigenvalue weighted by atomic mass is 32.1. The molecule has 0 saturated carbocycles. The van der Waals surface area contributed by atoms with Gasteiger partial charge in [0, 0.05) is 36.9 Å². The molecule has 0 N–H and O–H groups in total. The van der Waals surface area contributed by atoms with Crippen LogP contribution in [0.3, 0.4) is 0 Å². The van der Waals surface area contributed by atoms with E-state index in [1.807, 2.05) is 35.6 Å². The summed E-state index contributed by atoms with van der Waals surface area (Å²) in [5.74, 6) is 0.718. The van der Waals surface area contributed by atoms with Crippen molar-refractivity contribution in [1.29, 1.82) is 0 Å². The summed E-state index contributed by atoms with van der Waals surface area (Å²) >= 11 is 1.86. The van der Waals surface area contributed by atoms with Gasteiger partial charge in [-0.05, 0) is 62.7 Å². The Kier molecular flexibility index (Phi) is 7.61. The van der Waals surface area contributed by atoms with E-state index in [0.29, 0.717) is 0 Å². The van der Waals surface area contributed by atoms with Crippen molar-refractivity contribution in [2.75, 3.05) is 0 Å². The molecule has 3 heteroatoms. The van der Waals surface area contributed by atoms with Gasteiger partial charge < -0.3 is 0 Å². The predicted octanol–water partition coefficient (Wildman–Crippen LogP) is 13.9. The Balaban J connectivity index is 1.17. The van der Waals surface area contributed by atoms with Gasteiger partial charge in [-0.1, -0.05) is 188 Å². The zero-order chi connectivity index (χ0) is 37.1. The van der Waals surface area contributed by atoms with Crippen molar-refractivity contribution in [3.8, 4) is 56.2 Å². The molecule has 8 aromatic carbocycles. The Bertz CT molecular complexity index is 2960. The zero-order valence-corrected chi connectivity index (χ0v) is 31.2. The summed E-state index contributed by atoms with van der Waals surface area (Å²) in [5, 5.41) is 2.46. The molecular formula is C53H34N2S. The largest absolute Gasteiger partial charge is 0.228 e. The van der Waals surface area contributed by atoms with E-state index in [0.717, 1.165) is 33.9 Å². The van der Waals surface area contributed by atoms with Gasteiger partial charge in [-0.25, -0.2) is 9.97 Å². The maximum Gasteiger partial charge on any atom is 0.160 e. The molecule has 2 nitrogen and oxygen atoms in total. The van der Waals surface area contributed by atoms with E-state index in [-0.39, 0.29) is 0 Å². The van der Waals surface area contributed by atoms with Crippen LogP contribution in [-0.2, 0) is 5.41 Å². The lowest BCUT2D eigenvalue weighted by atomic mass is 9.67. The van der Waals surface area contributed by atoms with Gasteiger partial charge >= 0.3 is 0 Å². The van der Waals surface area contributed by atoms with Crippen molar-refractivity contribution >= 4 is 31.5 Å². The lowest BCUT2D eigenvalue weighted by molar-refractivity contribution is 0.769. The Morgan fingerprint density at radius 2 is 0.929 bits per heavy atom. The lowest BCUT2D eigenvalue weighted by Crippen LogP contribution is -2.28. The molecule has 11 rings (SSSR count). The van der Waals surface area contributed by atoms with Gasteiger partial charge in [0.05, 0.1) is 16.8 Å². The Morgan fingerprint density at radius 3 is 1.66 bits per heavy atom. The summed E-state index contributed by atoms with van der Waals surface area (Å²) in [5.41, 5.74) is 14.7. The second-order valence-corrected chi connectivity index (χ2v) is 15.5. The van der Waals surface area contributed by atoms with Gasteiger partial charge in [-0.15, -0.1) is 11.3 Å². The van der Waals surface area contributed by atoms with Crippen molar-refractivity contribution in [2.45, 2.75) is 5.41 Å². The first-order chi connectivity index (χ1) is 27.8. The van der Waals surface area contributed by atoms with Gasteiger partial charge in [0.25, 0.3) is 0 Å². The zero-order valence-electron chi connectivity index (χ0n) is 30.4. The maximum absolute atomic E-state index is 5.29. The topological polar surface area (TPSA) is 25.8 Å². The highest BCUT2D eigenvalue weighted by Crippen LogP contribution is 2.57. The van der Waals surface area contributed by atoms with E-state index >= 15 is 0 Å². The summed E-state index contributed by atoms with van der Waals surface area (Å²) in [7, 11) is 0. The van der Waals surface area contributed by atoms with Gasteiger partial charge in [-0.2, -0.15) is 0 Å². The number of benzene rings is 8. The minimum absolute atomic E-state index is 0.466. The van der Waals surface area contributed by atoms with E-state index in [1.54, 1.807) is 0 Å². The highest BCUT2D eigenvalue weighted by molar-refractivity contribution is 7.26. The van der Waals surface area contributed by atoms with E-state index in [9.17, 15) is 0 Å². The fourth-order valence-electron chi connectivity index (χ4n) is 8.94. The summed E-state index contributed by atoms with van der Waals surface area (Å²) in [4.78, 5) is 10.4. The van der Waals surface area contributed by atoms with Crippen LogP contribution < -0.4 is 0 Å². The van der Waals surface area contributed by atoms with Crippen LogP contribution in [0, 0.1) is 0 Å². The Morgan fingerprint density at radius 1 is 0.375 bits per heavy atom. The third-order valence-corrected chi connectivity index (χ3v) is 12.6. The fourth-order valence-corrected chi connectivity index (χ4v) is 10.2. The summed E-state index contributed by atoms with van der Waals surface area (Å²) in [6.45, 7) is 0. The van der Waals surface area contributed by atoms with Gasteiger partial charge in [-0.3, -0.25) is 0 Å². The first-order valence-corrected chi connectivity index (χ1v) is 19.9. The second kappa shape index (κ2) is 13.1. The average molecular weight is 731 g/mol. The smallest absolute Gasteiger partial charge is 0.160 e. The molecule has 0 bridgehead atoms. The summed E-state index contributed by atoms with van der Waals surface area (Å²) in [6.07, 6.45) is 0. The van der Waals surface area contributed by atoms with Crippen molar-refractivity contribution in [2.24, 2.45) is 0 Å². The van der Waals surface area contributed by atoms with Crippen molar-refractivity contribution in [3.63, 3.8) is 0 Å². The maximum atomic E-state index is 5.29. The predicted molar refractivity (Wildman–Crippen MR) is 234 cm³/mol. The molecule has 262 valence electrons. The molecule has 10 aromatic rings. The second-order valence-electron chi connectivity index (χ2n) is 14.4. The van der Waals surface area contributed by atoms with E-state index in [1.165, 1.54) is 64.7 Å². The molecular weight excluding hydrogens is 697 g/mol. The normalized spacial score (nSPS) is 12.8. The molecule has 56 heavy (non-hydrogen) atoms. The van der Waals surface area contributed by atoms with E-state index in [2.05, 4.69) is 182 Å². The van der Waals surface area contributed by atoms with Crippen LogP contribution >= 0.6 is 11.3 Å². The van der Waals surface area contributed by atoms with Crippen molar-refractivity contribution in [1.82, 2.24) is 9.97 Å². The number of hydrogen-bond donors (Lipinski definition) is 0. The molecule has 1 aliphatic rings. The number of rotatable bonds is 6. The average Bonchev–Trinajstić information content (AvgIpc) is 3.81. The van der Waals surface area contributed by atoms with Crippen LogP contribution in [-0.4, -0.2) is 9.97 Å². The quantitative estimate of drug-likeness (QED) is 0.170. The van der Waals surface area contributed by atoms with Gasteiger partial charge in [0.1, 0.15) is 0 Å². The molecule has 0 unspecified atom stereocenters. The molecule has 0 spiro atoms. The minimum Gasteiger partial charge on any atom is -0.228 e. The molecule has 2 aromatic heterocycles. The minimum atomic E-state index is -0.466. The van der Waals surface area contributed by atoms with Crippen LogP contribution in [0.15, 0.2) is 206 Å². The number of fused-ring (bicyclic) bond motifs is 6. The molecule has 1 aliphatic carbocycles. The van der Waals surface area contributed by atoms with Crippen LogP contribution in [0.2, 0.25) is 0 Å². The monoisotopic (exact) mass is 730 g/mol. The summed E-state index contributed by atoms with van der Waals surface area (Å²) < 4.78 is 2.51. The molecule has 0 saturated heterocycles. The van der Waals surface area contributed by atoms with Crippen LogP contribution in [0.25, 0.3) is 76.3 Å². The molecule has 0 fully saturated rings. The Labute approximate surface area is 330 Å². The first-order valence-electron chi connectivity index (χ1n) is 19.1. The van der Waals surface area contributed by atoms with E-state index in [4.69, 9.17) is 9.97 Å². The fraction of sp³-hybridized carbons (Fsp3) is 0.0189. The third kappa shape index (κ3) is 5.02. The Hall–Kier alpha value is -6.94. The van der Waals surface area contributed by atoms with Crippen molar-refractivity contribution in [3.05, 3.63) is 229 Å². The lowest BCUT2D eigenvalue weighted by Gasteiger charge is -2.34. The first kappa shape index (κ1) is 32.5. The molecule has 2 heterocycles. The standard InChI is InChI=1S/C53H34N2S/c1-5-17-35(18-6-1)47-34-48(55-52(54-47)36-19-7-2-8-20-36)43-32-31-40(51-50(43)44-26-14-16-28-49(44)56-51)37-29-30-42-41-25-13-15-27-45(41)53(46(42)33-37,38-21-9-3-10-22-38)39-23-11-4-12-24-39/h1-34H. The molecule has 0 aliphatic heterocycles. The third-order valence-electron chi connectivity index (χ3n) is 11.4. The number of nitrogens with zero attached hydrogens (tertiary/aromatic N) is 2. The van der Waals surface area contributed by atoms with Crippen LogP contribution in [0.1, 0.15) is 22.3 Å². The van der Waals surface area contributed by atoms with Gasteiger partial charge in [0.2, 0.25) is 0 Å². The number of hydrogen-bond acceptors (Lipinski definition) is 3. The molecule has 0 radical (unpaired) electrons. The van der Waals surface area contributed by atoms with Gasteiger partial charge in [0.15, 0.2) is 5.82 Å². The van der Waals surface area contributed by atoms with Crippen molar-refractivity contribution < 1.29 is 0 Å². The molecule has 0 amide bonds. The SMILES string of the molecule is c1ccc(-c2cc(-c3ccc(-c4ccc5c(c4)C(c4ccccc4)(c4ccccc4)c4ccccc4-5)c4sc5ccccc5c34)nc(-c3ccccc3)n2)cc1. The highest BCUT2D eigenvalue weighted by Gasteiger charge is 2.46. The molecule has 0 atom stereocenters. The number of aromatic nitrogens is 2. The van der Waals surface area contributed by atoms with Crippen LogP contribution in [0.4, 0.5) is 0 Å². The summed E-state index contributed by atoms with van der Waals surface area (Å²) in [6, 6.07) is 74.5. The number of thiophene rings is 1.